The van der Waals surface area contributed by atoms with Crippen molar-refractivity contribution < 1.29 is 0 Å². The quantitative estimate of drug-likeness (QED) is 0.215. The van der Waals surface area contributed by atoms with Gasteiger partial charge in [0.05, 0.1) is 5.39 Å². The molecule has 4 nitrogen and oxygen atoms in total. The van der Waals surface area contributed by atoms with Crippen molar-refractivity contribution in [3.63, 3.8) is 0 Å². The van der Waals surface area contributed by atoms with E-state index in [0.29, 0.717) is 5.82 Å². The van der Waals surface area contributed by atoms with Crippen LogP contribution >= 0.6 is 0 Å². The van der Waals surface area contributed by atoms with Gasteiger partial charge in [0.2, 0.25) is 0 Å². The molecule has 2 heterocycles. The second kappa shape index (κ2) is 15.3. The highest BCUT2D eigenvalue weighted by Crippen LogP contribution is 2.41. The molecule has 0 spiro atoms. The van der Waals surface area contributed by atoms with Gasteiger partial charge >= 0.3 is 0 Å². The summed E-state index contributed by atoms with van der Waals surface area (Å²) in [7, 11) is 0. The molecule has 0 unspecified atom stereocenters. The fourth-order valence-corrected chi connectivity index (χ4v) is 5.29. The lowest BCUT2D eigenvalue weighted by Gasteiger charge is -2.30. The van der Waals surface area contributed by atoms with Gasteiger partial charge in [0.15, 0.2) is 0 Å². The van der Waals surface area contributed by atoms with Gasteiger partial charge in [-0.25, -0.2) is 9.97 Å². The molecule has 0 bridgehead atoms. The van der Waals surface area contributed by atoms with Crippen LogP contribution in [0.15, 0.2) is 12.5 Å². The number of nitrogen functional groups attached to an aromatic ring is 1. The van der Waals surface area contributed by atoms with Crippen molar-refractivity contribution in [1.29, 1.82) is 0 Å². The summed E-state index contributed by atoms with van der Waals surface area (Å²) >= 11 is 0. The highest BCUT2D eigenvalue weighted by Gasteiger charge is 2.31. The zero-order chi connectivity index (χ0) is 23.9. The first-order valence-corrected chi connectivity index (χ1v) is 14.2. The third-order valence-corrected chi connectivity index (χ3v) is 7.50. The lowest BCUT2D eigenvalue weighted by molar-refractivity contribution is 0.364. The molecule has 0 aliphatic heterocycles. The minimum Gasteiger partial charge on any atom is -0.383 e. The van der Waals surface area contributed by atoms with Crippen molar-refractivity contribution >= 4 is 16.9 Å². The Morgan fingerprint density at radius 1 is 0.727 bits per heavy atom. The Kier molecular flexibility index (Phi) is 12.9. The summed E-state index contributed by atoms with van der Waals surface area (Å²) < 4.78 is 2.38. The Hall–Kier alpha value is -1.58. The van der Waals surface area contributed by atoms with Crippen LogP contribution in [0.5, 0.6) is 0 Å². The van der Waals surface area contributed by atoms with Crippen molar-refractivity contribution in [2.75, 3.05) is 5.73 Å². The summed E-state index contributed by atoms with van der Waals surface area (Å²) in [5, 5.41) is 1.12. The number of anilines is 1. The van der Waals surface area contributed by atoms with Crippen LogP contribution < -0.4 is 5.73 Å². The highest BCUT2D eigenvalue weighted by atomic mass is 15.1. The molecule has 0 atom stereocenters. The number of aromatic nitrogens is 3. The van der Waals surface area contributed by atoms with E-state index < -0.39 is 0 Å². The third kappa shape index (κ3) is 8.61. The molecule has 4 heteroatoms. The molecular formula is C29H52N4. The Labute approximate surface area is 204 Å². The maximum Gasteiger partial charge on any atom is 0.145 e. The van der Waals surface area contributed by atoms with E-state index in [4.69, 9.17) is 10.7 Å². The number of hydrogen-bond acceptors (Lipinski definition) is 3. The van der Waals surface area contributed by atoms with Gasteiger partial charge < -0.3 is 10.3 Å². The zero-order valence-corrected chi connectivity index (χ0v) is 22.3. The maximum atomic E-state index is 6.49. The lowest BCUT2D eigenvalue weighted by Crippen LogP contribution is -2.22. The van der Waals surface area contributed by atoms with Crippen LogP contribution in [0.1, 0.15) is 142 Å². The summed E-state index contributed by atoms with van der Waals surface area (Å²) in [6, 6.07) is 0. The fourth-order valence-electron chi connectivity index (χ4n) is 5.29. The SMILES string of the molecule is CCCCCCCn1cc(C(C)(CCCCCCC)CCCCCCC)c2c(N)ncnc21. The van der Waals surface area contributed by atoms with Crippen LogP contribution in [0, 0.1) is 0 Å². The number of rotatable bonds is 19. The normalized spacial score (nSPS) is 12.1. The van der Waals surface area contributed by atoms with E-state index >= 15 is 0 Å². The molecule has 0 aromatic carbocycles. The molecule has 0 aliphatic rings. The summed E-state index contributed by atoms with van der Waals surface area (Å²) in [5.41, 5.74) is 9.06. The molecule has 0 aliphatic carbocycles. The second-order valence-electron chi connectivity index (χ2n) is 10.5. The van der Waals surface area contributed by atoms with E-state index in [9.17, 15) is 0 Å². The van der Waals surface area contributed by atoms with E-state index in [-0.39, 0.29) is 5.41 Å². The number of nitrogens with two attached hydrogens (primary N) is 1. The molecule has 0 amide bonds. The van der Waals surface area contributed by atoms with E-state index in [1.807, 2.05) is 0 Å². The van der Waals surface area contributed by atoms with Crippen LogP contribution in [-0.2, 0) is 12.0 Å². The summed E-state index contributed by atoms with van der Waals surface area (Å²) in [6.45, 7) is 10.4. The smallest absolute Gasteiger partial charge is 0.145 e. The number of hydrogen-bond donors (Lipinski definition) is 1. The fraction of sp³-hybridized carbons (Fsp3) is 0.793. The number of fused-ring (bicyclic) bond motifs is 1. The molecule has 33 heavy (non-hydrogen) atoms. The summed E-state index contributed by atoms with van der Waals surface area (Å²) in [6.07, 6.45) is 26.2. The topological polar surface area (TPSA) is 56.7 Å². The summed E-state index contributed by atoms with van der Waals surface area (Å²) in [4.78, 5) is 9.12. The predicted octanol–water partition coefficient (Wildman–Crippen LogP) is 8.96. The first-order chi connectivity index (χ1) is 16.1. The zero-order valence-electron chi connectivity index (χ0n) is 22.3. The Bertz CT molecular complexity index is 765. The standard InChI is InChI=1S/C29H52N4/c1-5-8-11-14-17-20-29(4,21-18-15-12-9-6-2)25-23-33(22-19-16-13-10-7-3)28-26(25)27(30)31-24-32-28/h23-24H,5-22H2,1-4H3,(H2,30,31,32). The predicted molar refractivity (Wildman–Crippen MR) is 145 cm³/mol. The average Bonchev–Trinajstić information content (AvgIpc) is 3.19. The molecule has 2 N–H and O–H groups in total. The van der Waals surface area contributed by atoms with Gasteiger partial charge in [0, 0.05) is 12.7 Å². The van der Waals surface area contributed by atoms with E-state index in [0.717, 1.165) is 17.6 Å². The maximum absolute atomic E-state index is 6.49. The van der Waals surface area contributed by atoms with E-state index in [2.05, 4.69) is 43.4 Å². The first kappa shape index (κ1) is 27.7. The molecule has 188 valence electrons. The van der Waals surface area contributed by atoms with Crippen LogP contribution in [-0.4, -0.2) is 14.5 Å². The van der Waals surface area contributed by atoms with E-state index in [1.54, 1.807) is 6.33 Å². The number of aryl methyl sites for hydroxylation is 1. The Balaban J connectivity index is 2.24. The van der Waals surface area contributed by atoms with Gasteiger partial charge in [-0.2, -0.15) is 0 Å². The van der Waals surface area contributed by atoms with Crippen molar-refractivity contribution in [3.8, 4) is 0 Å². The highest BCUT2D eigenvalue weighted by molar-refractivity contribution is 5.90. The van der Waals surface area contributed by atoms with Gasteiger partial charge in [-0.05, 0) is 30.2 Å². The van der Waals surface area contributed by atoms with Crippen LogP contribution in [0.3, 0.4) is 0 Å². The van der Waals surface area contributed by atoms with E-state index in [1.165, 1.54) is 115 Å². The van der Waals surface area contributed by atoms with Gasteiger partial charge in [0.1, 0.15) is 17.8 Å². The van der Waals surface area contributed by atoms with Crippen molar-refractivity contribution in [2.45, 2.75) is 149 Å². The average molecular weight is 457 g/mol. The third-order valence-electron chi connectivity index (χ3n) is 7.50. The largest absolute Gasteiger partial charge is 0.383 e. The van der Waals surface area contributed by atoms with Crippen molar-refractivity contribution in [2.24, 2.45) is 0 Å². The monoisotopic (exact) mass is 456 g/mol. The molecular weight excluding hydrogens is 404 g/mol. The lowest BCUT2D eigenvalue weighted by atomic mass is 9.74. The minimum absolute atomic E-state index is 0.142. The molecule has 0 fully saturated rings. The van der Waals surface area contributed by atoms with Crippen LogP contribution in [0.4, 0.5) is 5.82 Å². The molecule has 0 saturated carbocycles. The number of nitrogens with zero attached hydrogens (tertiary/aromatic N) is 3. The minimum atomic E-state index is 0.142. The molecule has 2 aromatic rings. The molecule has 0 saturated heterocycles. The van der Waals surface area contributed by atoms with Crippen molar-refractivity contribution in [3.05, 3.63) is 18.1 Å². The Morgan fingerprint density at radius 2 is 1.24 bits per heavy atom. The second-order valence-corrected chi connectivity index (χ2v) is 10.5. The van der Waals surface area contributed by atoms with Gasteiger partial charge in [0.25, 0.3) is 0 Å². The van der Waals surface area contributed by atoms with Gasteiger partial charge in [-0.1, -0.05) is 118 Å². The first-order valence-electron chi connectivity index (χ1n) is 14.2. The number of unbranched alkanes of at least 4 members (excludes halogenated alkanes) is 12. The van der Waals surface area contributed by atoms with Gasteiger partial charge in [-0.3, -0.25) is 0 Å². The molecule has 0 radical (unpaired) electrons. The van der Waals surface area contributed by atoms with Crippen LogP contribution in [0.25, 0.3) is 11.0 Å². The molecule has 2 aromatic heterocycles. The van der Waals surface area contributed by atoms with Gasteiger partial charge in [-0.15, -0.1) is 0 Å². The molecule has 2 rings (SSSR count). The summed E-state index contributed by atoms with van der Waals surface area (Å²) in [5.74, 6) is 0.655. The Morgan fingerprint density at radius 3 is 1.79 bits per heavy atom. The van der Waals surface area contributed by atoms with Crippen molar-refractivity contribution in [1.82, 2.24) is 14.5 Å². The van der Waals surface area contributed by atoms with Crippen LogP contribution in [0.2, 0.25) is 0 Å².